The van der Waals surface area contributed by atoms with Gasteiger partial charge in [-0.2, -0.15) is 0 Å². The number of nitrogens with two attached hydrogens (primary N) is 1. The summed E-state index contributed by atoms with van der Waals surface area (Å²) in [5.41, 5.74) is 5.33. The molecule has 1 fully saturated rings. The number of anilines is 2. The van der Waals surface area contributed by atoms with Crippen LogP contribution < -0.4 is 10.6 Å². The first-order valence-corrected chi connectivity index (χ1v) is 5.12. The van der Waals surface area contributed by atoms with Crippen molar-refractivity contribution in [1.29, 1.82) is 0 Å². The molecule has 7 nitrogen and oxygen atoms in total. The summed E-state index contributed by atoms with van der Waals surface area (Å²) in [5, 5.41) is 10.9. The van der Waals surface area contributed by atoms with Crippen molar-refractivity contribution in [2.75, 3.05) is 17.2 Å². The molecule has 0 aromatic carbocycles. The van der Waals surface area contributed by atoms with E-state index in [0.29, 0.717) is 5.82 Å². The zero-order valence-corrected chi connectivity index (χ0v) is 8.96. The fourth-order valence-electron chi connectivity index (χ4n) is 2.02. The van der Waals surface area contributed by atoms with Gasteiger partial charge in [0.2, 0.25) is 11.6 Å². The molecular weight excluding hydrogens is 210 g/mol. The molecule has 0 amide bonds. The van der Waals surface area contributed by atoms with Crippen LogP contribution in [0.4, 0.5) is 17.3 Å². The van der Waals surface area contributed by atoms with Crippen molar-refractivity contribution in [1.82, 2.24) is 9.97 Å². The number of aromatic nitrogens is 2. The zero-order chi connectivity index (χ0) is 11.7. The van der Waals surface area contributed by atoms with Crippen molar-refractivity contribution in [3.8, 4) is 0 Å². The average molecular weight is 223 g/mol. The maximum absolute atomic E-state index is 10.9. The van der Waals surface area contributed by atoms with Crippen LogP contribution in [0.15, 0.2) is 6.33 Å². The standard InChI is InChI=1S/C9H13N5O2/c1-6-3-2-4-13(6)9-7(14(15)16)8(10)11-5-12-9/h5-6H,2-4H2,1H3,(H2,10,11,12). The van der Waals surface area contributed by atoms with E-state index in [9.17, 15) is 10.1 Å². The Balaban J connectivity index is 2.47. The highest BCUT2D eigenvalue weighted by molar-refractivity contribution is 5.68. The number of hydrogen-bond acceptors (Lipinski definition) is 6. The minimum atomic E-state index is -0.518. The van der Waals surface area contributed by atoms with Gasteiger partial charge in [-0.25, -0.2) is 9.97 Å². The van der Waals surface area contributed by atoms with Gasteiger partial charge in [-0.05, 0) is 19.8 Å². The molecule has 1 aliphatic rings. The Bertz CT molecular complexity index is 422. The fourth-order valence-corrected chi connectivity index (χ4v) is 2.02. The first-order valence-electron chi connectivity index (χ1n) is 5.12. The molecule has 0 spiro atoms. The van der Waals surface area contributed by atoms with Gasteiger partial charge >= 0.3 is 5.69 Å². The minimum Gasteiger partial charge on any atom is -0.378 e. The molecule has 0 bridgehead atoms. The van der Waals surface area contributed by atoms with Gasteiger partial charge in [0.1, 0.15) is 6.33 Å². The van der Waals surface area contributed by atoms with E-state index >= 15 is 0 Å². The average Bonchev–Trinajstić information content (AvgIpc) is 2.63. The van der Waals surface area contributed by atoms with Gasteiger partial charge in [0, 0.05) is 12.6 Å². The van der Waals surface area contributed by atoms with Gasteiger partial charge < -0.3 is 10.6 Å². The fraction of sp³-hybridized carbons (Fsp3) is 0.556. The number of nitro groups is 1. The molecular formula is C9H13N5O2. The van der Waals surface area contributed by atoms with Gasteiger partial charge in [-0.1, -0.05) is 0 Å². The number of nitrogen functional groups attached to an aromatic ring is 1. The Kier molecular flexibility index (Phi) is 2.59. The third-order valence-electron chi connectivity index (χ3n) is 2.84. The topological polar surface area (TPSA) is 98.2 Å². The molecule has 86 valence electrons. The lowest BCUT2D eigenvalue weighted by molar-refractivity contribution is -0.383. The Hall–Kier alpha value is -1.92. The quantitative estimate of drug-likeness (QED) is 0.592. The third kappa shape index (κ3) is 1.64. The highest BCUT2D eigenvalue weighted by Crippen LogP contribution is 2.33. The maximum Gasteiger partial charge on any atom is 0.353 e. The largest absolute Gasteiger partial charge is 0.378 e. The Morgan fingerprint density at radius 3 is 2.94 bits per heavy atom. The summed E-state index contributed by atoms with van der Waals surface area (Å²) in [6.45, 7) is 2.80. The zero-order valence-electron chi connectivity index (χ0n) is 8.96. The van der Waals surface area contributed by atoms with Gasteiger partial charge in [0.05, 0.1) is 4.92 Å². The molecule has 0 aliphatic carbocycles. The van der Waals surface area contributed by atoms with E-state index in [0.717, 1.165) is 19.4 Å². The van der Waals surface area contributed by atoms with Crippen molar-refractivity contribution in [2.45, 2.75) is 25.8 Å². The lowest BCUT2D eigenvalue weighted by Crippen LogP contribution is -2.28. The smallest absolute Gasteiger partial charge is 0.353 e. The first kappa shape index (κ1) is 10.6. The maximum atomic E-state index is 10.9. The summed E-state index contributed by atoms with van der Waals surface area (Å²) in [6.07, 6.45) is 3.30. The van der Waals surface area contributed by atoms with Crippen LogP contribution >= 0.6 is 0 Å². The van der Waals surface area contributed by atoms with Crippen LogP contribution in [0.5, 0.6) is 0 Å². The summed E-state index contributed by atoms with van der Waals surface area (Å²) < 4.78 is 0. The van der Waals surface area contributed by atoms with Crippen molar-refractivity contribution >= 4 is 17.3 Å². The van der Waals surface area contributed by atoms with Gasteiger partial charge in [0.25, 0.3) is 0 Å². The van der Waals surface area contributed by atoms with Crippen LogP contribution in [0.2, 0.25) is 0 Å². The third-order valence-corrected chi connectivity index (χ3v) is 2.84. The second-order valence-electron chi connectivity index (χ2n) is 3.87. The van der Waals surface area contributed by atoms with Crippen LogP contribution in [-0.4, -0.2) is 27.5 Å². The summed E-state index contributed by atoms with van der Waals surface area (Å²) in [6, 6.07) is 0.257. The summed E-state index contributed by atoms with van der Waals surface area (Å²) in [4.78, 5) is 20.0. The number of hydrogen-bond donors (Lipinski definition) is 1. The normalized spacial score (nSPS) is 20.1. The highest BCUT2D eigenvalue weighted by Gasteiger charge is 2.30. The van der Waals surface area contributed by atoms with E-state index in [1.54, 1.807) is 0 Å². The van der Waals surface area contributed by atoms with E-state index in [2.05, 4.69) is 9.97 Å². The molecule has 0 saturated carbocycles. The monoisotopic (exact) mass is 223 g/mol. The first-order chi connectivity index (χ1) is 7.61. The van der Waals surface area contributed by atoms with Gasteiger partial charge in [-0.3, -0.25) is 10.1 Å². The molecule has 0 radical (unpaired) electrons. The molecule has 1 aromatic heterocycles. The predicted molar refractivity (Wildman–Crippen MR) is 59.1 cm³/mol. The molecule has 1 atom stereocenters. The molecule has 16 heavy (non-hydrogen) atoms. The van der Waals surface area contributed by atoms with E-state index in [4.69, 9.17) is 5.73 Å². The molecule has 2 N–H and O–H groups in total. The minimum absolute atomic E-state index is 0.0749. The predicted octanol–water partition coefficient (Wildman–Crippen LogP) is 0.956. The molecule has 1 aromatic rings. The van der Waals surface area contributed by atoms with Crippen LogP contribution in [0.3, 0.4) is 0 Å². The molecule has 1 aliphatic heterocycles. The SMILES string of the molecule is CC1CCCN1c1ncnc(N)c1[N+](=O)[O-]. The summed E-state index contributed by atoms with van der Waals surface area (Å²) in [7, 11) is 0. The van der Waals surface area contributed by atoms with Crippen LogP contribution in [0, 0.1) is 10.1 Å². The second-order valence-corrected chi connectivity index (χ2v) is 3.87. The Labute approximate surface area is 92.4 Å². The van der Waals surface area contributed by atoms with Crippen LogP contribution in [-0.2, 0) is 0 Å². The molecule has 2 heterocycles. The molecule has 2 rings (SSSR count). The van der Waals surface area contributed by atoms with Crippen LogP contribution in [0.1, 0.15) is 19.8 Å². The molecule has 1 saturated heterocycles. The highest BCUT2D eigenvalue weighted by atomic mass is 16.6. The van der Waals surface area contributed by atoms with Crippen LogP contribution in [0.25, 0.3) is 0 Å². The van der Waals surface area contributed by atoms with Gasteiger partial charge in [-0.15, -0.1) is 0 Å². The van der Waals surface area contributed by atoms with Crippen molar-refractivity contribution in [3.05, 3.63) is 16.4 Å². The lowest BCUT2D eigenvalue weighted by atomic mass is 10.2. The number of rotatable bonds is 2. The molecule has 1 unspecified atom stereocenters. The lowest BCUT2D eigenvalue weighted by Gasteiger charge is -2.21. The van der Waals surface area contributed by atoms with E-state index < -0.39 is 4.92 Å². The molecule has 7 heteroatoms. The van der Waals surface area contributed by atoms with Gasteiger partial charge in [0.15, 0.2) is 0 Å². The van der Waals surface area contributed by atoms with Crippen molar-refractivity contribution in [2.24, 2.45) is 0 Å². The summed E-state index contributed by atoms with van der Waals surface area (Å²) in [5.74, 6) is 0.261. The summed E-state index contributed by atoms with van der Waals surface area (Å²) >= 11 is 0. The van der Waals surface area contributed by atoms with Crippen molar-refractivity contribution < 1.29 is 4.92 Å². The van der Waals surface area contributed by atoms with Crippen molar-refractivity contribution in [3.63, 3.8) is 0 Å². The van der Waals surface area contributed by atoms with E-state index in [1.807, 2.05) is 11.8 Å². The second kappa shape index (κ2) is 3.92. The Morgan fingerprint density at radius 1 is 1.62 bits per heavy atom. The number of nitrogens with zero attached hydrogens (tertiary/aromatic N) is 4. The van der Waals surface area contributed by atoms with E-state index in [1.165, 1.54) is 6.33 Å². The van der Waals surface area contributed by atoms with E-state index in [-0.39, 0.29) is 17.5 Å². The Morgan fingerprint density at radius 2 is 2.38 bits per heavy atom.